The number of carbonyl (C=O) groups is 3. The van der Waals surface area contributed by atoms with E-state index in [-0.39, 0.29) is 11.8 Å². The molecule has 0 radical (unpaired) electrons. The Hall–Kier alpha value is -4.24. The third kappa shape index (κ3) is 6.43. The van der Waals surface area contributed by atoms with E-state index in [1.807, 2.05) is 42.5 Å². The Balaban J connectivity index is 1.33. The fraction of sp³-hybridized carbons (Fsp3) is 0.233. The first-order chi connectivity index (χ1) is 19.0. The Morgan fingerprint density at radius 2 is 1.51 bits per heavy atom. The van der Waals surface area contributed by atoms with Gasteiger partial charge in [0, 0.05) is 22.3 Å². The van der Waals surface area contributed by atoms with Crippen molar-refractivity contribution in [2.45, 2.75) is 23.0 Å². The Labute approximate surface area is 230 Å². The molecule has 3 aromatic carbocycles. The van der Waals surface area contributed by atoms with Crippen molar-refractivity contribution in [3.8, 4) is 11.5 Å². The zero-order valence-electron chi connectivity index (χ0n) is 21.0. The molecule has 3 aromatic rings. The van der Waals surface area contributed by atoms with E-state index in [4.69, 9.17) is 9.47 Å². The molecule has 0 fully saturated rings. The fourth-order valence-corrected chi connectivity index (χ4v) is 5.71. The van der Waals surface area contributed by atoms with Crippen molar-refractivity contribution in [3.05, 3.63) is 90.5 Å². The van der Waals surface area contributed by atoms with Crippen LogP contribution < -0.4 is 20.1 Å². The number of hydrogen-bond acceptors (Lipinski definition) is 6. The van der Waals surface area contributed by atoms with Gasteiger partial charge in [-0.1, -0.05) is 48.6 Å². The Kier molecular flexibility index (Phi) is 8.17. The summed E-state index contributed by atoms with van der Waals surface area (Å²) in [6, 6.07) is 22.0. The normalized spacial score (nSPS) is 18.6. The van der Waals surface area contributed by atoms with Crippen LogP contribution in [0.1, 0.15) is 23.7 Å². The highest BCUT2D eigenvalue weighted by Crippen LogP contribution is 2.38. The van der Waals surface area contributed by atoms with Crippen LogP contribution in [0.25, 0.3) is 0 Å². The summed E-state index contributed by atoms with van der Waals surface area (Å²) in [5.74, 6) is -1.67. The number of allylic oxidation sites excluding steroid dienone is 2. The van der Waals surface area contributed by atoms with Gasteiger partial charge in [-0.15, -0.1) is 11.8 Å². The summed E-state index contributed by atoms with van der Waals surface area (Å²) in [6.07, 6.45) is 4.37. The average molecular weight is 545 g/mol. The maximum Gasteiger partial charge on any atom is 0.307 e. The van der Waals surface area contributed by atoms with Crippen LogP contribution in [0.5, 0.6) is 11.5 Å². The summed E-state index contributed by atoms with van der Waals surface area (Å²) in [5, 5.41) is 14.8. The lowest BCUT2D eigenvalue weighted by Crippen LogP contribution is -2.34. The van der Waals surface area contributed by atoms with Gasteiger partial charge in [0.1, 0.15) is 18.5 Å². The number of thioether (sulfide) groups is 1. The lowest BCUT2D eigenvalue weighted by Gasteiger charge is -2.24. The highest BCUT2D eigenvalue weighted by molar-refractivity contribution is 8.00. The summed E-state index contributed by atoms with van der Waals surface area (Å²) in [6.45, 7) is 0.941. The molecule has 0 aromatic heterocycles. The van der Waals surface area contributed by atoms with Crippen LogP contribution >= 0.6 is 11.8 Å². The van der Waals surface area contributed by atoms with Gasteiger partial charge in [-0.3, -0.25) is 14.4 Å². The maximum atomic E-state index is 13.5. The minimum absolute atomic E-state index is 0.212. The summed E-state index contributed by atoms with van der Waals surface area (Å²) < 4.78 is 11.2. The minimum Gasteiger partial charge on any atom is -0.486 e. The lowest BCUT2D eigenvalue weighted by atomic mass is 9.82. The first-order valence-electron chi connectivity index (χ1n) is 12.7. The van der Waals surface area contributed by atoms with Crippen LogP contribution in [-0.2, 0) is 14.4 Å². The molecule has 1 aliphatic carbocycles. The lowest BCUT2D eigenvalue weighted by molar-refractivity contribution is -0.146. The summed E-state index contributed by atoms with van der Waals surface area (Å²) in [7, 11) is 0. The predicted octanol–water partition coefficient (Wildman–Crippen LogP) is 5.54. The van der Waals surface area contributed by atoms with E-state index >= 15 is 0 Å². The Morgan fingerprint density at radius 1 is 0.795 bits per heavy atom. The van der Waals surface area contributed by atoms with Gasteiger partial charge in [0.25, 0.3) is 0 Å². The molecule has 200 valence electrons. The molecule has 3 unspecified atom stereocenters. The van der Waals surface area contributed by atoms with Gasteiger partial charge in [-0.2, -0.15) is 0 Å². The van der Waals surface area contributed by atoms with E-state index in [9.17, 15) is 19.5 Å². The van der Waals surface area contributed by atoms with Crippen LogP contribution in [0.2, 0.25) is 0 Å². The molecule has 9 heteroatoms. The van der Waals surface area contributed by atoms with Gasteiger partial charge in [-0.05, 0) is 48.7 Å². The number of aliphatic carboxylic acids is 1. The number of hydrogen-bond donors (Lipinski definition) is 3. The molecule has 0 spiro atoms. The monoisotopic (exact) mass is 544 g/mol. The number of amides is 2. The molecule has 2 aliphatic rings. The van der Waals surface area contributed by atoms with Crippen LogP contribution in [0, 0.1) is 11.8 Å². The third-order valence-corrected chi connectivity index (χ3v) is 7.84. The number of nitrogens with one attached hydrogen (secondary N) is 2. The molecule has 2 amide bonds. The Bertz CT molecular complexity index is 1390. The molecular weight excluding hydrogens is 516 g/mol. The molecular formula is C30H28N2O6S. The molecule has 1 aliphatic heterocycles. The van der Waals surface area contributed by atoms with Gasteiger partial charge < -0.3 is 25.2 Å². The highest BCUT2D eigenvalue weighted by atomic mass is 32.2. The molecule has 39 heavy (non-hydrogen) atoms. The van der Waals surface area contributed by atoms with Crippen LogP contribution in [0.15, 0.2) is 89.8 Å². The quantitative estimate of drug-likeness (QED) is 0.252. The van der Waals surface area contributed by atoms with E-state index in [0.717, 1.165) is 10.5 Å². The van der Waals surface area contributed by atoms with Crippen molar-refractivity contribution >= 4 is 40.9 Å². The molecule has 0 saturated heterocycles. The standard InChI is InChI=1S/C30H28N2O6S/c33-28(23-11-4-5-12-24(23)30(35)36)31-20-9-6-10-22(17-20)39-27(19-7-2-1-3-8-19)29(34)32-21-13-14-25-26(18-21)38-16-15-37-25/h1-10,13-14,17-18,23-24,27H,11-12,15-16H2,(H,31,33)(H,32,34)(H,35,36). The molecule has 3 atom stereocenters. The SMILES string of the molecule is O=C(Nc1ccc2c(c1)OCCO2)C(Sc1cccc(NC(=O)C2CC=CCC2C(=O)O)c1)c1ccccc1. The summed E-state index contributed by atoms with van der Waals surface area (Å²) in [4.78, 5) is 38.9. The van der Waals surface area contributed by atoms with Gasteiger partial charge >= 0.3 is 5.97 Å². The largest absolute Gasteiger partial charge is 0.486 e. The smallest absolute Gasteiger partial charge is 0.307 e. The number of anilines is 2. The molecule has 0 bridgehead atoms. The number of rotatable bonds is 8. The third-order valence-electron chi connectivity index (χ3n) is 6.59. The predicted molar refractivity (Wildman–Crippen MR) is 149 cm³/mol. The van der Waals surface area contributed by atoms with E-state index < -0.39 is 23.1 Å². The van der Waals surface area contributed by atoms with Crippen molar-refractivity contribution in [1.82, 2.24) is 0 Å². The number of ether oxygens (including phenoxy) is 2. The molecule has 0 saturated carbocycles. The summed E-state index contributed by atoms with van der Waals surface area (Å²) in [5.41, 5.74) is 1.97. The molecule has 1 heterocycles. The second kappa shape index (κ2) is 12.1. The zero-order chi connectivity index (χ0) is 27.2. The summed E-state index contributed by atoms with van der Waals surface area (Å²) >= 11 is 1.36. The van der Waals surface area contributed by atoms with E-state index in [2.05, 4.69) is 10.6 Å². The second-order valence-electron chi connectivity index (χ2n) is 9.27. The van der Waals surface area contributed by atoms with Gasteiger partial charge in [0.2, 0.25) is 11.8 Å². The van der Waals surface area contributed by atoms with Crippen molar-refractivity contribution in [2.75, 3.05) is 23.8 Å². The number of carboxylic acid groups (broad SMARTS) is 1. The molecule has 3 N–H and O–H groups in total. The average Bonchev–Trinajstić information content (AvgIpc) is 2.96. The number of carbonyl (C=O) groups excluding carboxylic acids is 2. The topological polar surface area (TPSA) is 114 Å². The highest BCUT2D eigenvalue weighted by Gasteiger charge is 2.34. The van der Waals surface area contributed by atoms with Crippen LogP contribution in [0.4, 0.5) is 11.4 Å². The minimum atomic E-state index is -0.974. The fourth-order valence-electron chi connectivity index (χ4n) is 4.62. The first-order valence-corrected chi connectivity index (χ1v) is 13.6. The number of benzene rings is 3. The van der Waals surface area contributed by atoms with Crippen molar-refractivity contribution in [1.29, 1.82) is 0 Å². The molecule has 5 rings (SSSR count). The van der Waals surface area contributed by atoms with Crippen molar-refractivity contribution < 1.29 is 29.0 Å². The molecule has 8 nitrogen and oxygen atoms in total. The zero-order valence-corrected chi connectivity index (χ0v) is 21.9. The van der Waals surface area contributed by atoms with E-state index in [1.54, 1.807) is 42.5 Å². The van der Waals surface area contributed by atoms with Crippen LogP contribution in [0.3, 0.4) is 0 Å². The maximum absolute atomic E-state index is 13.5. The van der Waals surface area contributed by atoms with Gasteiger partial charge in [0.05, 0.1) is 11.8 Å². The van der Waals surface area contributed by atoms with Crippen molar-refractivity contribution in [2.24, 2.45) is 11.8 Å². The Morgan fingerprint density at radius 3 is 2.28 bits per heavy atom. The number of fused-ring (bicyclic) bond motifs is 1. The van der Waals surface area contributed by atoms with E-state index in [1.165, 1.54) is 11.8 Å². The van der Waals surface area contributed by atoms with Gasteiger partial charge in [0.15, 0.2) is 11.5 Å². The van der Waals surface area contributed by atoms with Crippen LogP contribution in [-0.4, -0.2) is 36.1 Å². The number of carboxylic acids is 1. The van der Waals surface area contributed by atoms with E-state index in [0.29, 0.717) is 48.9 Å². The second-order valence-corrected chi connectivity index (χ2v) is 10.4. The van der Waals surface area contributed by atoms with Gasteiger partial charge in [-0.25, -0.2) is 0 Å². The van der Waals surface area contributed by atoms with Crippen molar-refractivity contribution in [3.63, 3.8) is 0 Å². The first kappa shape index (κ1) is 26.4.